The van der Waals surface area contributed by atoms with Crippen molar-refractivity contribution in [2.75, 3.05) is 6.54 Å². The Morgan fingerprint density at radius 2 is 2.28 bits per heavy atom. The van der Waals surface area contributed by atoms with Gasteiger partial charge in [-0.3, -0.25) is 0 Å². The molecule has 0 bridgehead atoms. The third-order valence-electron chi connectivity index (χ3n) is 2.21. The molecule has 0 radical (unpaired) electrons. The van der Waals surface area contributed by atoms with Gasteiger partial charge in [0.2, 0.25) is 0 Å². The number of rotatable bonds is 6. The summed E-state index contributed by atoms with van der Waals surface area (Å²) in [5, 5.41) is 12.1. The molecule has 0 saturated heterocycles. The monoisotopic (exact) mass is 280 g/mol. The Morgan fingerprint density at radius 1 is 1.39 bits per heavy atom. The SMILES string of the molecule is CC(C)CNCc1ccc(Sc2nncs2)nc1. The fraction of sp³-hybridized carbons (Fsp3) is 0.417. The van der Waals surface area contributed by atoms with Gasteiger partial charge in [0.15, 0.2) is 4.34 Å². The summed E-state index contributed by atoms with van der Waals surface area (Å²) in [7, 11) is 0. The summed E-state index contributed by atoms with van der Waals surface area (Å²) < 4.78 is 0.924. The van der Waals surface area contributed by atoms with Gasteiger partial charge >= 0.3 is 0 Å². The molecular formula is C12H16N4S2. The van der Waals surface area contributed by atoms with Crippen molar-refractivity contribution >= 4 is 23.1 Å². The molecule has 2 heterocycles. The van der Waals surface area contributed by atoms with Crippen molar-refractivity contribution in [1.82, 2.24) is 20.5 Å². The summed E-state index contributed by atoms with van der Waals surface area (Å²) in [5.41, 5.74) is 2.93. The average Bonchev–Trinajstić information content (AvgIpc) is 2.84. The smallest absolute Gasteiger partial charge is 0.180 e. The van der Waals surface area contributed by atoms with Crippen molar-refractivity contribution in [3.8, 4) is 0 Å². The lowest BCUT2D eigenvalue weighted by atomic mass is 10.2. The molecule has 6 heteroatoms. The second-order valence-corrected chi connectivity index (χ2v) is 6.44. The van der Waals surface area contributed by atoms with E-state index in [0.29, 0.717) is 5.92 Å². The Labute approximate surface area is 115 Å². The Kier molecular flexibility index (Phi) is 5.10. The molecule has 18 heavy (non-hydrogen) atoms. The van der Waals surface area contributed by atoms with Crippen LogP contribution in [-0.4, -0.2) is 21.7 Å². The molecule has 2 rings (SSSR count). The van der Waals surface area contributed by atoms with Gasteiger partial charge in [-0.25, -0.2) is 4.98 Å². The van der Waals surface area contributed by atoms with Crippen molar-refractivity contribution in [1.29, 1.82) is 0 Å². The first-order valence-electron chi connectivity index (χ1n) is 5.83. The van der Waals surface area contributed by atoms with Crippen LogP contribution in [0.4, 0.5) is 0 Å². The highest BCUT2D eigenvalue weighted by Crippen LogP contribution is 2.26. The molecule has 0 fully saturated rings. The molecule has 0 aliphatic rings. The van der Waals surface area contributed by atoms with Crippen LogP contribution in [0.5, 0.6) is 0 Å². The molecular weight excluding hydrogens is 264 g/mol. The summed E-state index contributed by atoms with van der Waals surface area (Å²) in [5.74, 6) is 0.671. The average molecular weight is 280 g/mol. The van der Waals surface area contributed by atoms with E-state index in [4.69, 9.17) is 0 Å². The van der Waals surface area contributed by atoms with Crippen LogP contribution in [0, 0.1) is 5.92 Å². The fourth-order valence-corrected chi connectivity index (χ4v) is 2.74. The summed E-state index contributed by atoms with van der Waals surface area (Å²) in [4.78, 5) is 4.41. The molecule has 0 spiro atoms. The Morgan fingerprint density at radius 3 is 2.89 bits per heavy atom. The van der Waals surface area contributed by atoms with Gasteiger partial charge in [0.1, 0.15) is 10.5 Å². The normalized spacial score (nSPS) is 11.1. The maximum Gasteiger partial charge on any atom is 0.180 e. The third kappa shape index (κ3) is 4.36. The Bertz CT molecular complexity index is 453. The van der Waals surface area contributed by atoms with Gasteiger partial charge in [-0.1, -0.05) is 31.3 Å². The molecule has 2 aromatic rings. The molecule has 96 valence electrons. The number of nitrogens with one attached hydrogen (secondary N) is 1. The Hall–Kier alpha value is -0.980. The largest absolute Gasteiger partial charge is 0.312 e. The minimum atomic E-state index is 0.671. The molecule has 0 unspecified atom stereocenters. The van der Waals surface area contributed by atoms with E-state index in [-0.39, 0.29) is 0 Å². The van der Waals surface area contributed by atoms with E-state index in [1.807, 2.05) is 12.3 Å². The molecule has 4 nitrogen and oxygen atoms in total. The molecule has 1 N–H and O–H groups in total. The molecule has 0 atom stereocenters. The maximum absolute atomic E-state index is 4.41. The molecule has 0 aromatic carbocycles. The van der Waals surface area contributed by atoms with Gasteiger partial charge in [0, 0.05) is 12.7 Å². The van der Waals surface area contributed by atoms with Crippen LogP contribution in [0.15, 0.2) is 33.2 Å². The van der Waals surface area contributed by atoms with Crippen LogP contribution < -0.4 is 5.32 Å². The summed E-state index contributed by atoms with van der Waals surface area (Å²) in [6, 6.07) is 4.13. The van der Waals surface area contributed by atoms with Crippen molar-refractivity contribution < 1.29 is 0 Å². The van der Waals surface area contributed by atoms with Crippen LogP contribution >= 0.6 is 23.1 Å². The molecule has 0 amide bonds. The zero-order chi connectivity index (χ0) is 12.8. The zero-order valence-corrected chi connectivity index (χ0v) is 12.1. The lowest BCUT2D eigenvalue weighted by Gasteiger charge is -2.07. The highest BCUT2D eigenvalue weighted by Gasteiger charge is 2.02. The van der Waals surface area contributed by atoms with Gasteiger partial charge in [-0.15, -0.1) is 10.2 Å². The Balaban J connectivity index is 1.85. The topological polar surface area (TPSA) is 50.7 Å². The minimum Gasteiger partial charge on any atom is -0.312 e. The van der Waals surface area contributed by atoms with E-state index in [9.17, 15) is 0 Å². The standard InChI is InChI=1S/C12H16N4S2/c1-9(2)5-13-6-10-3-4-11(14-7-10)18-12-16-15-8-17-12/h3-4,7-9,13H,5-6H2,1-2H3. The van der Waals surface area contributed by atoms with Gasteiger partial charge in [-0.2, -0.15) is 0 Å². The number of aromatic nitrogens is 3. The van der Waals surface area contributed by atoms with E-state index in [1.54, 1.807) is 17.3 Å². The van der Waals surface area contributed by atoms with Crippen LogP contribution in [0.3, 0.4) is 0 Å². The number of hydrogen-bond acceptors (Lipinski definition) is 6. The predicted octanol–water partition coefficient (Wildman–Crippen LogP) is 2.83. The maximum atomic E-state index is 4.41. The van der Waals surface area contributed by atoms with Gasteiger partial charge in [0.25, 0.3) is 0 Å². The molecule has 0 aliphatic heterocycles. The quantitative estimate of drug-likeness (QED) is 0.881. The first kappa shape index (κ1) is 13.5. The van der Waals surface area contributed by atoms with E-state index in [0.717, 1.165) is 22.5 Å². The van der Waals surface area contributed by atoms with Crippen LogP contribution in [0.1, 0.15) is 19.4 Å². The molecule has 0 aliphatic carbocycles. The molecule has 2 aromatic heterocycles. The van der Waals surface area contributed by atoms with Crippen molar-refractivity contribution in [2.45, 2.75) is 29.8 Å². The third-order valence-corrected chi connectivity index (χ3v) is 3.94. The minimum absolute atomic E-state index is 0.671. The molecule has 0 saturated carbocycles. The lowest BCUT2D eigenvalue weighted by molar-refractivity contribution is 0.551. The van der Waals surface area contributed by atoms with E-state index >= 15 is 0 Å². The lowest BCUT2D eigenvalue weighted by Crippen LogP contribution is -2.18. The van der Waals surface area contributed by atoms with Crippen molar-refractivity contribution in [3.63, 3.8) is 0 Å². The highest BCUT2D eigenvalue weighted by molar-refractivity contribution is 8.00. The number of hydrogen-bond donors (Lipinski definition) is 1. The van der Waals surface area contributed by atoms with Gasteiger partial charge in [0.05, 0.1) is 0 Å². The summed E-state index contributed by atoms with van der Waals surface area (Å²) in [6.45, 7) is 6.30. The van der Waals surface area contributed by atoms with Crippen molar-refractivity contribution in [2.24, 2.45) is 5.92 Å². The summed E-state index contributed by atoms with van der Waals surface area (Å²) in [6.07, 6.45) is 1.91. The van der Waals surface area contributed by atoms with E-state index < -0.39 is 0 Å². The zero-order valence-electron chi connectivity index (χ0n) is 10.5. The van der Waals surface area contributed by atoms with Crippen molar-refractivity contribution in [3.05, 3.63) is 29.4 Å². The van der Waals surface area contributed by atoms with Crippen LogP contribution in [-0.2, 0) is 6.54 Å². The van der Waals surface area contributed by atoms with Gasteiger partial charge in [-0.05, 0) is 35.9 Å². The summed E-state index contributed by atoms with van der Waals surface area (Å²) >= 11 is 3.07. The highest BCUT2D eigenvalue weighted by atomic mass is 32.2. The number of nitrogens with zero attached hydrogens (tertiary/aromatic N) is 3. The number of pyridine rings is 1. The predicted molar refractivity (Wildman–Crippen MR) is 74.8 cm³/mol. The van der Waals surface area contributed by atoms with Crippen LogP contribution in [0.2, 0.25) is 0 Å². The van der Waals surface area contributed by atoms with Gasteiger partial charge < -0.3 is 5.32 Å². The second-order valence-electron chi connectivity index (χ2n) is 4.34. The van der Waals surface area contributed by atoms with E-state index in [2.05, 4.69) is 40.4 Å². The first-order valence-corrected chi connectivity index (χ1v) is 7.53. The van der Waals surface area contributed by atoms with E-state index in [1.165, 1.54) is 16.9 Å². The first-order chi connectivity index (χ1) is 8.74. The van der Waals surface area contributed by atoms with Crippen LogP contribution in [0.25, 0.3) is 0 Å². The second kappa shape index (κ2) is 6.82. The fourth-order valence-electron chi connectivity index (χ4n) is 1.38.